The van der Waals surface area contributed by atoms with E-state index in [1.807, 2.05) is 24.3 Å². The van der Waals surface area contributed by atoms with E-state index in [9.17, 15) is 14.7 Å². The van der Waals surface area contributed by atoms with Crippen molar-refractivity contribution in [1.29, 1.82) is 0 Å². The molecule has 7 heteroatoms. The van der Waals surface area contributed by atoms with Crippen molar-refractivity contribution in [2.24, 2.45) is 0 Å². The molecule has 0 aliphatic rings. The molecular formula is C16H23NO5S. The maximum atomic E-state index is 11.6. The molecule has 1 aromatic carbocycles. The molecule has 0 bridgehead atoms. The fraction of sp³-hybridized carbons (Fsp3) is 0.500. The molecule has 0 saturated heterocycles. The zero-order valence-corrected chi connectivity index (χ0v) is 14.6. The second-order valence-electron chi connectivity index (χ2n) is 5.87. The summed E-state index contributed by atoms with van der Waals surface area (Å²) in [4.78, 5) is 22.9. The molecule has 6 nitrogen and oxygen atoms in total. The number of ether oxygens (including phenoxy) is 2. The van der Waals surface area contributed by atoms with Gasteiger partial charge in [-0.25, -0.2) is 4.79 Å². The smallest absolute Gasteiger partial charge is 0.407 e. The molecule has 0 saturated carbocycles. The highest BCUT2D eigenvalue weighted by molar-refractivity contribution is 7.99. The molecule has 2 N–H and O–H groups in total. The largest absolute Gasteiger partial charge is 0.497 e. The van der Waals surface area contributed by atoms with Crippen molar-refractivity contribution < 1.29 is 24.2 Å². The minimum absolute atomic E-state index is 0.00503. The Morgan fingerprint density at radius 1 is 1.26 bits per heavy atom. The summed E-state index contributed by atoms with van der Waals surface area (Å²) in [5.41, 5.74) is 0.373. The van der Waals surface area contributed by atoms with E-state index in [0.29, 0.717) is 5.75 Å². The molecule has 0 aliphatic carbocycles. The highest BCUT2D eigenvalue weighted by Gasteiger charge is 2.21. The summed E-state index contributed by atoms with van der Waals surface area (Å²) in [6, 6.07) is 7.41. The number of carboxylic acid groups (broad SMARTS) is 1. The van der Waals surface area contributed by atoms with Gasteiger partial charge in [0.15, 0.2) is 0 Å². The van der Waals surface area contributed by atoms with Crippen LogP contribution >= 0.6 is 11.8 Å². The number of hydrogen-bond acceptors (Lipinski definition) is 5. The van der Waals surface area contributed by atoms with E-state index >= 15 is 0 Å². The fourth-order valence-electron chi connectivity index (χ4n) is 1.63. The summed E-state index contributed by atoms with van der Waals surface area (Å²) in [5.74, 6) is 0.302. The van der Waals surface area contributed by atoms with E-state index in [-0.39, 0.29) is 6.54 Å². The third-order valence-corrected chi connectivity index (χ3v) is 3.99. The Kier molecular flexibility index (Phi) is 7.22. The van der Waals surface area contributed by atoms with Crippen LogP contribution in [0.15, 0.2) is 24.3 Å². The van der Waals surface area contributed by atoms with E-state index < -0.39 is 22.9 Å². The van der Waals surface area contributed by atoms with E-state index in [1.165, 1.54) is 11.8 Å². The number of nitrogens with one attached hydrogen (secondary N) is 1. The number of carbonyl (C=O) groups is 2. The Morgan fingerprint density at radius 3 is 2.35 bits per heavy atom. The minimum atomic E-state index is -0.973. The predicted molar refractivity (Wildman–Crippen MR) is 89.9 cm³/mol. The Balaban J connectivity index is 2.48. The molecule has 1 atom stereocenters. The number of thioether (sulfide) groups is 1. The maximum Gasteiger partial charge on any atom is 0.407 e. The minimum Gasteiger partial charge on any atom is -0.497 e. The van der Waals surface area contributed by atoms with Crippen molar-refractivity contribution in [2.75, 3.05) is 13.7 Å². The van der Waals surface area contributed by atoms with Gasteiger partial charge in [-0.3, -0.25) is 4.79 Å². The van der Waals surface area contributed by atoms with Crippen LogP contribution in [0.25, 0.3) is 0 Å². The number of rotatable bonds is 7. The Bertz CT molecular complexity index is 524. The van der Waals surface area contributed by atoms with Crippen molar-refractivity contribution in [3.63, 3.8) is 0 Å². The van der Waals surface area contributed by atoms with E-state index in [1.54, 1.807) is 27.9 Å². The van der Waals surface area contributed by atoms with Gasteiger partial charge in [0.1, 0.15) is 16.6 Å². The lowest BCUT2D eigenvalue weighted by atomic mass is 10.2. The second-order valence-corrected chi connectivity index (χ2v) is 7.06. The summed E-state index contributed by atoms with van der Waals surface area (Å²) in [6.45, 7) is 5.25. The molecule has 23 heavy (non-hydrogen) atoms. The van der Waals surface area contributed by atoms with E-state index in [2.05, 4.69) is 5.32 Å². The van der Waals surface area contributed by atoms with Crippen molar-refractivity contribution in [3.05, 3.63) is 29.8 Å². The molecule has 0 aromatic heterocycles. The Hall–Kier alpha value is -1.89. The van der Waals surface area contributed by atoms with Gasteiger partial charge in [0.25, 0.3) is 0 Å². The average molecular weight is 341 g/mol. The molecule has 128 valence electrons. The highest BCUT2D eigenvalue weighted by atomic mass is 32.2. The van der Waals surface area contributed by atoms with Gasteiger partial charge < -0.3 is 19.9 Å². The van der Waals surface area contributed by atoms with E-state index in [0.717, 1.165) is 11.3 Å². The number of benzene rings is 1. The first kappa shape index (κ1) is 19.2. The first-order valence-electron chi connectivity index (χ1n) is 7.15. The van der Waals surface area contributed by atoms with Crippen LogP contribution in [0.3, 0.4) is 0 Å². The maximum absolute atomic E-state index is 11.6. The Labute approximate surface area is 140 Å². The summed E-state index contributed by atoms with van der Waals surface area (Å²) in [6.07, 6.45) is -0.617. The molecule has 0 fully saturated rings. The third-order valence-electron chi connectivity index (χ3n) is 2.72. The van der Waals surface area contributed by atoms with Crippen LogP contribution in [0.2, 0.25) is 0 Å². The van der Waals surface area contributed by atoms with Crippen LogP contribution in [0, 0.1) is 0 Å². The number of methoxy groups -OCH3 is 1. The van der Waals surface area contributed by atoms with Gasteiger partial charge in [0, 0.05) is 12.3 Å². The van der Waals surface area contributed by atoms with Crippen LogP contribution in [0.4, 0.5) is 4.79 Å². The zero-order valence-electron chi connectivity index (χ0n) is 13.8. The van der Waals surface area contributed by atoms with Gasteiger partial charge in [0.05, 0.1) is 7.11 Å². The van der Waals surface area contributed by atoms with Gasteiger partial charge in [0.2, 0.25) is 0 Å². The van der Waals surface area contributed by atoms with E-state index in [4.69, 9.17) is 9.47 Å². The quantitative estimate of drug-likeness (QED) is 0.793. The first-order valence-corrected chi connectivity index (χ1v) is 8.20. The van der Waals surface area contributed by atoms with Gasteiger partial charge in [-0.2, -0.15) is 0 Å². The molecular weight excluding hydrogens is 318 g/mol. The molecule has 0 heterocycles. The summed E-state index contributed by atoms with van der Waals surface area (Å²) in [7, 11) is 1.59. The topological polar surface area (TPSA) is 84.9 Å². The second kappa shape index (κ2) is 8.67. The van der Waals surface area contributed by atoms with Gasteiger partial charge in [-0.05, 0) is 38.5 Å². The third kappa shape index (κ3) is 7.78. The molecule has 1 amide bonds. The van der Waals surface area contributed by atoms with Crippen molar-refractivity contribution in [3.8, 4) is 5.75 Å². The fourth-order valence-corrected chi connectivity index (χ4v) is 2.56. The van der Waals surface area contributed by atoms with Crippen LogP contribution in [-0.4, -0.2) is 41.7 Å². The van der Waals surface area contributed by atoms with Crippen molar-refractivity contribution in [1.82, 2.24) is 5.32 Å². The molecule has 0 spiro atoms. The average Bonchev–Trinajstić information content (AvgIpc) is 2.45. The normalized spacial score (nSPS) is 12.3. The number of hydrogen-bond donors (Lipinski definition) is 2. The number of carbonyl (C=O) groups excluding carboxylic acids is 1. The number of alkyl carbamates (subject to hydrolysis) is 1. The predicted octanol–water partition coefficient (Wildman–Crippen LogP) is 2.91. The highest BCUT2D eigenvalue weighted by Crippen LogP contribution is 2.20. The van der Waals surface area contributed by atoms with Crippen molar-refractivity contribution >= 4 is 23.8 Å². The van der Waals surface area contributed by atoms with Crippen LogP contribution in [0.1, 0.15) is 26.3 Å². The Morgan fingerprint density at radius 2 is 1.87 bits per heavy atom. The molecule has 0 aliphatic heterocycles. The van der Waals surface area contributed by atoms with Crippen LogP contribution in [-0.2, 0) is 15.3 Å². The van der Waals surface area contributed by atoms with Crippen LogP contribution in [0.5, 0.6) is 5.75 Å². The lowest BCUT2D eigenvalue weighted by Crippen LogP contribution is -2.38. The number of aliphatic carboxylic acids is 1. The van der Waals surface area contributed by atoms with Crippen molar-refractivity contribution in [2.45, 2.75) is 37.4 Å². The summed E-state index contributed by atoms with van der Waals surface area (Å²) >= 11 is 1.25. The summed E-state index contributed by atoms with van der Waals surface area (Å²) < 4.78 is 10.2. The number of amides is 1. The van der Waals surface area contributed by atoms with Gasteiger partial charge in [-0.1, -0.05) is 12.1 Å². The lowest BCUT2D eigenvalue weighted by molar-refractivity contribution is -0.136. The molecule has 1 unspecified atom stereocenters. The zero-order chi connectivity index (χ0) is 17.5. The molecule has 0 radical (unpaired) electrons. The first-order chi connectivity index (χ1) is 10.7. The SMILES string of the molecule is COc1ccc(CSC(CNC(=O)OC(C)(C)C)C(=O)O)cc1. The van der Waals surface area contributed by atoms with Gasteiger partial charge >= 0.3 is 12.1 Å². The monoisotopic (exact) mass is 341 g/mol. The van der Waals surface area contributed by atoms with Crippen LogP contribution < -0.4 is 10.1 Å². The molecule has 1 aromatic rings. The molecule has 1 rings (SSSR count). The standard InChI is InChI=1S/C16H23NO5S/c1-16(2,3)22-15(20)17-9-13(14(18)19)23-10-11-5-7-12(21-4)8-6-11/h5-8,13H,9-10H2,1-4H3,(H,17,20)(H,18,19). The summed E-state index contributed by atoms with van der Waals surface area (Å²) in [5, 5.41) is 11.0. The van der Waals surface area contributed by atoms with Gasteiger partial charge in [-0.15, -0.1) is 11.8 Å². The number of carboxylic acids is 1. The lowest BCUT2D eigenvalue weighted by Gasteiger charge is -2.20.